The standard InChI is InChI=1S/C15H22N2O/c1-11-4-2-3-5-14(11)17-15(18)13-8-6-12(10-16)7-9-13/h6-9,11,14H,2-5,10,16H2,1H3,(H,17,18). The van der Waals surface area contributed by atoms with Crippen LogP contribution in [-0.2, 0) is 6.54 Å². The molecular weight excluding hydrogens is 224 g/mol. The first kappa shape index (κ1) is 13.1. The summed E-state index contributed by atoms with van der Waals surface area (Å²) in [7, 11) is 0. The third-order valence-corrected chi connectivity index (χ3v) is 3.88. The molecule has 1 saturated carbocycles. The van der Waals surface area contributed by atoms with Crippen LogP contribution in [0.15, 0.2) is 24.3 Å². The van der Waals surface area contributed by atoms with E-state index in [0.717, 1.165) is 17.5 Å². The number of carbonyl (C=O) groups excluding carboxylic acids is 1. The van der Waals surface area contributed by atoms with Crippen molar-refractivity contribution in [3.8, 4) is 0 Å². The lowest BCUT2D eigenvalue weighted by molar-refractivity contribution is 0.0910. The van der Waals surface area contributed by atoms with Crippen molar-refractivity contribution in [2.24, 2.45) is 11.7 Å². The molecule has 1 aliphatic rings. The molecule has 1 aromatic carbocycles. The molecule has 1 aromatic rings. The van der Waals surface area contributed by atoms with E-state index in [0.29, 0.717) is 18.5 Å². The average molecular weight is 246 g/mol. The van der Waals surface area contributed by atoms with Crippen molar-refractivity contribution in [2.75, 3.05) is 0 Å². The predicted molar refractivity (Wildman–Crippen MR) is 73.2 cm³/mol. The van der Waals surface area contributed by atoms with Crippen LogP contribution in [0.1, 0.15) is 48.5 Å². The minimum absolute atomic E-state index is 0.0392. The topological polar surface area (TPSA) is 55.1 Å². The lowest BCUT2D eigenvalue weighted by Crippen LogP contribution is -2.41. The van der Waals surface area contributed by atoms with Gasteiger partial charge in [0.05, 0.1) is 0 Å². The highest BCUT2D eigenvalue weighted by atomic mass is 16.1. The molecule has 98 valence electrons. The summed E-state index contributed by atoms with van der Waals surface area (Å²) in [5.41, 5.74) is 7.32. The molecule has 0 aromatic heterocycles. The first-order chi connectivity index (χ1) is 8.70. The second-order valence-electron chi connectivity index (χ2n) is 5.24. The Balaban J connectivity index is 1.97. The maximum Gasteiger partial charge on any atom is 0.251 e. The summed E-state index contributed by atoms with van der Waals surface area (Å²) in [6.07, 6.45) is 4.84. The summed E-state index contributed by atoms with van der Waals surface area (Å²) < 4.78 is 0. The predicted octanol–water partition coefficient (Wildman–Crippen LogP) is 2.45. The minimum atomic E-state index is 0.0392. The molecule has 2 unspecified atom stereocenters. The molecule has 3 nitrogen and oxygen atoms in total. The number of hydrogen-bond acceptors (Lipinski definition) is 2. The fraction of sp³-hybridized carbons (Fsp3) is 0.533. The first-order valence-electron chi connectivity index (χ1n) is 6.80. The Labute approximate surface area is 109 Å². The number of hydrogen-bond donors (Lipinski definition) is 2. The molecular formula is C15H22N2O. The van der Waals surface area contributed by atoms with Gasteiger partial charge in [-0.2, -0.15) is 0 Å². The number of benzene rings is 1. The molecule has 1 amide bonds. The van der Waals surface area contributed by atoms with E-state index in [9.17, 15) is 4.79 Å². The Morgan fingerprint density at radius 2 is 1.94 bits per heavy atom. The Bertz CT molecular complexity index is 399. The Kier molecular flexibility index (Phi) is 4.37. The fourth-order valence-electron chi connectivity index (χ4n) is 2.57. The zero-order valence-electron chi connectivity index (χ0n) is 11.0. The monoisotopic (exact) mass is 246 g/mol. The lowest BCUT2D eigenvalue weighted by Gasteiger charge is -2.29. The maximum absolute atomic E-state index is 12.1. The molecule has 18 heavy (non-hydrogen) atoms. The maximum atomic E-state index is 12.1. The van der Waals surface area contributed by atoms with Gasteiger partial charge in [-0.25, -0.2) is 0 Å². The van der Waals surface area contributed by atoms with E-state index < -0.39 is 0 Å². The van der Waals surface area contributed by atoms with Crippen molar-refractivity contribution in [3.63, 3.8) is 0 Å². The highest BCUT2D eigenvalue weighted by molar-refractivity contribution is 5.94. The summed E-state index contributed by atoms with van der Waals surface area (Å²) >= 11 is 0. The Hall–Kier alpha value is -1.35. The van der Waals surface area contributed by atoms with Gasteiger partial charge in [0, 0.05) is 18.2 Å². The average Bonchev–Trinajstić information content (AvgIpc) is 2.41. The van der Waals surface area contributed by atoms with Gasteiger partial charge in [-0.3, -0.25) is 4.79 Å². The molecule has 0 aliphatic heterocycles. The van der Waals surface area contributed by atoms with Crippen molar-refractivity contribution in [2.45, 2.75) is 45.2 Å². The Morgan fingerprint density at radius 1 is 1.28 bits per heavy atom. The number of carbonyl (C=O) groups is 1. The summed E-state index contributed by atoms with van der Waals surface area (Å²) in [6, 6.07) is 7.87. The van der Waals surface area contributed by atoms with Crippen LogP contribution in [0.4, 0.5) is 0 Å². The molecule has 3 N–H and O–H groups in total. The molecule has 2 atom stereocenters. The van der Waals surface area contributed by atoms with Gasteiger partial charge in [0.15, 0.2) is 0 Å². The third kappa shape index (κ3) is 3.10. The van der Waals surface area contributed by atoms with Gasteiger partial charge < -0.3 is 11.1 Å². The molecule has 0 heterocycles. The highest BCUT2D eigenvalue weighted by Crippen LogP contribution is 2.24. The van der Waals surface area contributed by atoms with E-state index in [1.54, 1.807) is 0 Å². The van der Waals surface area contributed by atoms with Crippen LogP contribution in [0, 0.1) is 5.92 Å². The highest BCUT2D eigenvalue weighted by Gasteiger charge is 2.23. The number of amides is 1. The molecule has 0 radical (unpaired) electrons. The molecule has 1 fully saturated rings. The van der Waals surface area contributed by atoms with Crippen LogP contribution in [0.3, 0.4) is 0 Å². The number of nitrogens with two attached hydrogens (primary N) is 1. The molecule has 2 rings (SSSR count). The van der Waals surface area contributed by atoms with Gasteiger partial charge in [-0.15, -0.1) is 0 Å². The molecule has 0 saturated heterocycles. The van der Waals surface area contributed by atoms with E-state index in [1.165, 1.54) is 19.3 Å². The largest absolute Gasteiger partial charge is 0.349 e. The summed E-state index contributed by atoms with van der Waals surface area (Å²) in [5, 5.41) is 3.15. The van der Waals surface area contributed by atoms with Crippen molar-refractivity contribution in [1.82, 2.24) is 5.32 Å². The SMILES string of the molecule is CC1CCCCC1NC(=O)c1ccc(CN)cc1. The van der Waals surface area contributed by atoms with Crippen molar-refractivity contribution in [3.05, 3.63) is 35.4 Å². The van der Waals surface area contributed by atoms with Crippen LogP contribution < -0.4 is 11.1 Å². The van der Waals surface area contributed by atoms with E-state index in [2.05, 4.69) is 12.2 Å². The first-order valence-corrected chi connectivity index (χ1v) is 6.80. The summed E-state index contributed by atoms with van der Waals surface area (Å²) in [5.74, 6) is 0.628. The van der Waals surface area contributed by atoms with Crippen LogP contribution in [0.25, 0.3) is 0 Å². The molecule has 3 heteroatoms. The van der Waals surface area contributed by atoms with Crippen molar-refractivity contribution >= 4 is 5.91 Å². The summed E-state index contributed by atoms with van der Waals surface area (Å²) in [6.45, 7) is 2.74. The zero-order chi connectivity index (χ0) is 13.0. The zero-order valence-corrected chi connectivity index (χ0v) is 11.0. The fourth-order valence-corrected chi connectivity index (χ4v) is 2.57. The Morgan fingerprint density at radius 3 is 2.56 bits per heavy atom. The molecule has 1 aliphatic carbocycles. The smallest absolute Gasteiger partial charge is 0.251 e. The number of nitrogens with one attached hydrogen (secondary N) is 1. The molecule has 0 bridgehead atoms. The van der Waals surface area contributed by atoms with Crippen LogP contribution in [0.5, 0.6) is 0 Å². The quantitative estimate of drug-likeness (QED) is 0.860. The van der Waals surface area contributed by atoms with E-state index >= 15 is 0 Å². The van der Waals surface area contributed by atoms with Crippen molar-refractivity contribution in [1.29, 1.82) is 0 Å². The van der Waals surface area contributed by atoms with Gasteiger partial charge in [0.25, 0.3) is 5.91 Å². The van der Waals surface area contributed by atoms with Crippen LogP contribution >= 0.6 is 0 Å². The van der Waals surface area contributed by atoms with E-state index in [1.807, 2.05) is 24.3 Å². The van der Waals surface area contributed by atoms with Crippen molar-refractivity contribution < 1.29 is 4.79 Å². The van der Waals surface area contributed by atoms with Gasteiger partial charge in [-0.1, -0.05) is 31.9 Å². The summed E-state index contributed by atoms with van der Waals surface area (Å²) in [4.78, 5) is 12.1. The van der Waals surface area contributed by atoms with Gasteiger partial charge in [0.1, 0.15) is 0 Å². The van der Waals surface area contributed by atoms with Crippen LogP contribution in [0.2, 0.25) is 0 Å². The second kappa shape index (κ2) is 6.01. The normalized spacial score (nSPS) is 23.7. The van der Waals surface area contributed by atoms with E-state index in [4.69, 9.17) is 5.73 Å². The second-order valence-corrected chi connectivity index (χ2v) is 5.24. The van der Waals surface area contributed by atoms with Gasteiger partial charge in [0.2, 0.25) is 0 Å². The lowest BCUT2D eigenvalue weighted by atomic mass is 9.86. The minimum Gasteiger partial charge on any atom is -0.349 e. The van der Waals surface area contributed by atoms with Crippen LogP contribution in [-0.4, -0.2) is 11.9 Å². The van der Waals surface area contributed by atoms with Gasteiger partial charge in [-0.05, 0) is 36.5 Å². The number of rotatable bonds is 3. The third-order valence-electron chi connectivity index (χ3n) is 3.88. The van der Waals surface area contributed by atoms with E-state index in [-0.39, 0.29) is 5.91 Å². The molecule has 0 spiro atoms. The van der Waals surface area contributed by atoms with Gasteiger partial charge >= 0.3 is 0 Å².